The smallest absolute Gasteiger partial charge is 0.244 e. The quantitative estimate of drug-likeness (QED) is 0.640. The van der Waals surface area contributed by atoms with E-state index in [9.17, 15) is 4.79 Å². The van der Waals surface area contributed by atoms with Gasteiger partial charge in [0.15, 0.2) is 0 Å². The Morgan fingerprint density at radius 1 is 1.18 bits per heavy atom. The fourth-order valence-electron chi connectivity index (χ4n) is 3.13. The number of hydrogen-bond acceptors (Lipinski definition) is 4. The second kappa shape index (κ2) is 9.15. The second-order valence-corrected chi connectivity index (χ2v) is 6.76. The molecule has 1 N–H and O–H groups in total. The fraction of sp³-hybridized carbons (Fsp3) is 0.217. The number of amides is 1. The van der Waals surface area contributed by atoms with Gasteiger partial charge in [-0.3, -0.25) is 9.78 Å². The van der Waals surface area contributed by atoms with Crippen LogP contribution in [0.3, 0.4) is 0 Å². The van der Waals surface area contributed by atoms with E-state index in [0.29, 0.717) is 6.54 Å². The topological polar surface area (TPSA) is 54.5 Å². The summed E-state index contributed by atoms with van der Waals surface area (Å²) in [7, 11) is 5.64. The lowest BCUT2D eigenvalue weighted by Gasteiger charge is -2.25. The first-order valence-corrected chi connectivity index (χ1v) is 9.18. The number of para-hydroxylation sites is 1. The normalized spacial score (nSPS) is 12.4. The first-order chi connectivity index (χ1) is 13.6. The van der Waals surface area contributed by atoms with Gasteiger partial charge in [0, 0.05) is 29.8 Å². The third kappa shape index (κ3) is 4.75. The van der Waals surface area contributed by atoms with Crippen LogP contribution in [0.4, 0.5) is 0 Å². The molecule has 3 aromatic rings. The molecule has 0 saturated carbocycles. The molecule has 1 unspecified atom stereocenters. The number of carbonyl (C=O) groups is 1. The van der Waals surface area contributed by atoms with E-state index in [0.717, 1.165) is 27.8 Å². The number of benzene rings is 2. The highest BCUT2D eigenvalue weighted by Crippen LogP contribution is 2.22. The molecule has 28 heavy (non-hydrogen) atoms. The van der Waals surface area contributed by atoms with Crippen molar-refractivity contribution in [1.29, 1.82) is 0 Å². The number of ether oxygens (including phenoxy) is 1. The number of likely N-dealkylation sites (N-methyl/N-ethyl adjacent to an activating group) is 1. The SMILES string of the molecule is COc1cccc(C(CNC(=O)/C=C/c2cccc3cccnc23)N(C)C)c1. The highest BCUT2D eigenvalue weighted by atomic mass is 16.5. The second-order valence-electron chi connectivity index (χ2n) is 6.76. The number of pyridine rings is 1. The Morgan fingerprint density at radius 2 is 1.96 bits per heavy atom. The van der Waals surface area contributed by atoms with E-state index in [4.69, 9.17) is 4.74 Å². The standard InChI is InChI=1S/C23H25N3O2/c1-26(2)21(19-9-5-11-20(15-19)28-3)16-25-22(27)13-12-18-8-4-7-17-10-6-14-24-23(17)18/h4-15,21H,16H2,1-3H3,(H,25,27)/b13-12+. The Morgan fingerprint density at radius 3 is 2.75 bits per heavy atom. The van der Waals surface area contributed by atoms with Crippen molar-refractivity contribution in [3.8, 4) is 5.75 Å². The number of carbonyl (C=O) groups excluding carboxylic acids is 1. The van der Waals surface area contributed by atoms with Crippen molar-refractivity contribution in [2.24, 2.45) is 0 Å². The lowest BCUT2D eigenvalue weighted by atomic mass is 10.1. The van der Waals surface area contributed by atoms with E-state index in [1.165, 1.54) is 0 Å². The zero-order valence-corrected chi connectivity index (χ0v) is 16.4. The van der Waals surface area contributed by atoms with Crippen LogP contribution in [0.25, 0.3) is 17.0 Å². The minimum absolute atomic E-state index is 0.0478. The molecule has 0 saturated heterocycles. The van der Waals surface area contributed by atoms with Crippen molar-refractivity contribution >= 4 is 22.9 Å². The molecule has 1 amide bonds. The molecule has 0 bridgehead atoms. The lowest BCUT2D eigenvalue weighted by Crippen LogP contribution is -2.33. The summed E-state index contributed by atoms with van der Waals surface area (Å²) >= 11 is 0. The Kier molecular flexibility index (Phi) is 6.40. The minimum Gasteiger partial charge on any atom is -0.497 e. The molecule has 144 valence electrons. The Bertz CT molecular complexity index is 977. The van der Waals surface area contributed by atoms with Crippen LogP contribution < -0.4 is 10.1 Å². The minimum atomic E-state index is -0.136. The number of methoxy groups -OCH3 is 1. The van der Waals surface area contributed by atoms with Crippen LogP contribution in [0.15, 0.2) is 66.9 Å². The molecule has 0 spiro atoms. The average Bonchev–Trinajstić information content (AvgIpc) is 2.72. The first-order valence-electron chi connectivity index (χ1n) is 9.18. The number of nitrogens with zero attached hydrogens (tertiary/aromatic N) is 2. The maximum atomic E-state index is 12.4. The predicted octanol–water partition coefficient (Wildman–Crippen LogP) is 3.68. The van der Waals surface area contributed by atoms with Crippen LogP contribution in [0.5, 0.6) is 5.75 Å². The van der Waals surface area contributed by atoms with Gasteiger partial charge >= 0.3 is 0 Å². The Labute approximate surface area is 165 Å². The van der Waals surface area contributed by atoms with Crippen molar-refractivity contribution in [1.82, 2.24) is 15.2 Å². The highest BCUT2D eigenvalue weighted by Gasteiger charge is 2.15. The maximum absolute atomic E-state index is 12.4. The molecule has 1 atom stereocenters. The van der Waals surface area contributed by atoms with Gasteiger partial charge in [0.05, 0.1) is 18.7 Å². The average molecular weight is 375 g/mol. The number of aromatic nitrogens is 1. The predicted molar refractivity (Wildman–Crippen MR) is 113 cm³/mol. The number of rotatable bonds is 7. The zero-order valence-electron chi connectivity index (χ0n) is 16.4. The van der Waals surface area contributed by atoms with Crippen molar-refractivity contribution in [2.75, 3.05) is 27.7 Å². The summed E-state index contributed by atoms with van der Waals surface area (Å²) < 4.78 is 5.31. The highest BCUT2D eigenvalue weighted by molar-refractivity contribution is 5.95. The van der Waals surface area contributed by atoms with Gasteiger partial charge in [-0.2, -0.15) is 0 Å². The molecule has 0 radical (unpaired) electrons. The molecule has 2 aromatic carbocycles. The van der Waals surface area contributed by atoms with Crippen molar-refractivity contribution in [2.45, 2.75) is 6.04 Å². The molecule has 3 rings (SSSR count). The van der Waals surface area contributed by atoms with Crippen LogP contribution in [0.1, 0.15) is 17.2 Å². The van der Waals surface area contributed by atoms with Gasteiger partial charge in [0.1, 0.15) is 5.75 Å². The van der Waals surface area contributed by atoms with Crippen LogP contribution in [0, 0.1) is 0 Å². The Hall–Kier alpha value is -3.18. The van der Waals surface area contributed by atoms with Gasteiger partial charge in [0.2, 0.25) is 5.91 Å². The lowest BCUT2D eigenvalue weighted by molar-refractivity contribution is -0.116. The van der Waals surface area contributed by atoms with Crippen molar-refractivity contribution < 1.29 is 9.53 Å². The van der Waals surface area contributed by atoms with Crippen molar-refractivity contribution in [3.63, 3.8) is 0 Å². The fourth-order valence-corrected chi connectivity index (χ4v) is 3.13. The first kappa shape index (κ1) is 19.6. The zero-order chi connectivity index (χ0) is 19.9. The van der Waals surface area contributed by atoms with E-state index in [1.807, 2.05) is 68.7 Å². The molecule has 1 heterocycles. The van der Waals surface area contributed by atoms with E-state index >= 15 is 0 Å². The van der Waals surface area contributed by atoms with Crippen LogP contribution >= 0.6 is 0 Å². The molecule has 0 aliphatic heterocycles. The molecular formula is C23H25N3O2. The Balaban J connectivity index is 1.68. The summed E-state index contributed by atoms with van der Waals surface area (Å²) in [5.41, 5.74) is 2.90. The summed E-state index contributed by atoms with van der Waals surface area (Å²) in [6.07, 6.45) is 5.12. The van der Waals surface area contributed by atoms with Gasteiger partial charge in [0.25, 0.3) is 0 Å². The van der Waals surface area contributed by atoms with Gasteiger partial charge in [-0.05, 0) is 43.9 Å². The van der Waals surface area contributed by atoms with Gasteiger partial charge in [-0.1, -0.05) is 36.4 Å². The molecule has 5 heteroatoms. The summed E-state index contributed by atoms with van der Waals surface area (Å²) in [5, 5.41) is 4.04. The number of hydrogen-bond donors (Lipinski definition) is 1. The molecule has 0 aliphatic carbocycles. The van der Waals surface area contributed by atoms with Crippen LogP contribution in [-0.2, 0) is 4.79 Å². The summed E-state index contributed by atoms with van der Waals surface area (Å²) in [4.78, 5) is 18.9. The largest absolute Gasteiger partial charge is 0.497 e. The number of fused-ring (bicyclic) bond motifs is 1. The third-order valence-electron chi connectivity index (χ3n) is 4.65. The van der Waals surface area contributed by atoms with E-state index < -0.39 is 0 Å². The van der Waals surface area contributed by atoms with Crippen molar-refractivity contribution in [3.05, 3.63) is 78.0 Å². The van der Waals surface area contributed by atoms with Crippen LogP contribution in [0.2, 0.25) is 0 Å². The van der Waals surface area contributed by atoms with E-state index in [-0.39, 0.29) is 11.9 Å². The van der Waals surface area contributed by atoms with Gasteiger partial charge in [-0.25, -0.2) is 0 Å². The van der Waals surface area contributed by atoms with E-state index in [2.05, 4.69) is 15.2 Å². The molecule has 0 aliphatic rings. The summed E-state index contributed by atoms with van der Waals surface area (Å²) in [5.74, 6) is 0.668. The summed E-state index contributed by atoms with van der Waals surface area (Å²) in [6, 6.07) is 17.8. The maximum Gasteiger partial charge on any atom is 0.244 e. The van der Waals surface area contributed by atoms with E-state index in [1.54, 1.807) is 25.5 Å². The monoisotopic (exact) mass is 375 g/mol. The third-order valence-corrected chi connectivity index (χ3v) is 4.65. The molecule has 1 aromatic heterocycles. The molecule has 5 nitrogen and oxygen atoms in total. The summed E-state index contributed by atoms with van der Waals surface area (Å²) in [6.45, 7) is 0.497. The molecule has 0 fully saturated rings. The van der Waals surface area contributed by atoms with Gasteiger partial charge in [-0.15, -0.1) is 0 Å². The van der Waals surface area contributed by atoms with Crippen LogP contribution in [-0.4, -0.2) is 43.5 Å². The molecular weight excluding hydrogens is 350 g/mol. The number of nitrogens with one attached hydrogen (secondary N) is 1. The van der Waals surface area contributed by atoms with Gasteiger partial charge < -0.3 is 15.0 Å².